The van der Waals surface area contributed by atoms with Gasteiger partial charge in [0, 0.05) is 10.9 Å². The van der Waals surface area contributed by atoms with Crippen LogP contribution in [-0.4, -0.2) is 25.1 Å². The van der Waals surface area contributed by atoms with Crippen molar-refractivity contribution in [2.24, 2.45) is 0 Å². The van der Waals surface area contributed by atoms with Gasteiger partial charge in [0.2, 0.25) is 0 Å². The molecule has 2 aromatic carbocycles. The predicted molar refractivity (Wildman–Crippen MR) is 125 cm³/mol. The Morgan fingerprint density at radius 3 is 2.52 bits per heavy atom. The van der Waals surface area contributed by atoms with Gasteiger partial charge in [0.15, 0.2) is 6.61 Å². The van der Waals surface area contributed by atoms with E-state index in [0.29, 0.717) is 22.2 Å². The van der Waals surface area contributed by atoms with Gasteiger partial charge in [0.05, 0.1) is 6.61 Å². The number of amides is 1. The number of hydrogen-bond acceptors (Lipinski definition) is 5. The van der Waals surface area contributed by atoms with Crippen molar-refractivity contribution < 1.29 is 19.1 Å². The number of anilines is 1. The number of ether oxygens (including phenoxy) is 2. The average Bonchev–Trinajstić information content (AvgIpc) is 3.16. The van der Waals surface area contributed by atoms with Crippen molar-refractivity contribution in [1.29, 1.82) is 0 Å². The van der Waals surface area contributed by atoms with Crippen molar-refractivity contribution in [2.45, 2.75) is 33.6 Å². The molecule has 0 radical (unpaired) electrons. The number of thiophene rings is 1. The minimum atomic E-state index is -0.458. The first-order valence-electron chi connectivity index (χ1n) is 10.3. The Morgan fingerprint density at radius 1 is 1.10 bits per heavy atom. The van der Waals surface area contributed by atoms with E-state index < -0.39 is 5.97 Å². The van der Waals surface area contributed by atoms with Crippen LogP contribution in [0.4, 0.5) is 5.00 Å². The van der Waals surface area contributed by atoms with Crippen LogP contribution >= 0.6 is 11.3 Å². The molecule has 3 aromatic rings. The fourth-order valence-electron chi connectivity index (χ4n) is 3.08. The molecule has 31 heavy (non-hydrogen) atoms. The number of benzene rings is 2. The zero-order valence-electron chi connectivity index (χ0n) is 18.2. The lowest BCUT2D eigenvalue weighted by Crippen LogP contribution is -2.21. The third-order valence-corrected chi connectivity index (χ3v) is 5.68. The monoisotopic (exact) mass is 437 g/mol. The van der Waals surface area contributed by atoms with Gasteiger partial charge < -0.3 is 14.8 Å². The summed E-state index contributed by atoms with van der Waals surface area (Å²) in [5.74, 6) is 0.215. The molecule has 162 valence electrons. The Balaban J connectivity index is 1.77. The van der Waals surface area contributed by atoms with Gasteiger partial charge in [-0.25, -0.2) is 4.79 Å². The summed E-state index contributed by atoms with van der Waals surface area (Å²) in [5.41, 5.74) is 4.27. The van der Waals surface area contributed by atoms with Gasteiger partial charge in [-0.2, -0.15) is 0 Å². The molecule has 0 aliphatic carbocycles. The number of carbonyl (C=O) groups is 2. The molecule has 6 heteroatoms. The molecule has 1 heterocycles. The van der Waals surface area contributed by atoms with Crippen LogP contribution in [0.2, 0.25) is 0 Å². The standard InChI is InChI=1S/C25H27NO4S/c1-5-29-25(28)23-21(18-11-9-17(4)10-12-18)15-31-24(23)26-22(27)14-30-20-8-6-7-19(13-20)16(2)3/h6-13,15-16H,5,14H2,1-4H3,(H,26,27). The van der Waals surface area contributed by atoms with Crippen LogP contribution in [0.3, 0.4) is 0 Å². The lowest BCUT2D eigenvalue weighted by atomic mass is 10.0. The molecule has 0 spiro atoms. The summed E-state index contributed by atoms with van der Waals surface area (Å²) in [6.07, 6.45) is 0. The SMILES string of the molecule is CCOC(=O)c1c(-c2ccc(C)cc2)csc1NC(=O)COc1cccc(C(C)C)c1. The van der Waals surface area contributed by atoms with E-state index in [0.717, 1.165) is 22.3 Å². The van der Waals surface area contributed by atoms with Gasteiger partial charge in [0.25, 0.3) is 5.91 Å². The number of carbonyl (C=O) groups excluding carboxylic acids is 2. The van der Waals surface area contributed by atoms with E-state index >= 15 is 0 Å². The number of aryl methyl sites for hydroxylation is 1. The van der Waals surface area contributed by atoms with Crippen LogP contribution in [0, 0.1) is 6.92 Å². The molecule has 0 aliphatic heterocycles. The molecular formula is C25H27NO4S. The zero-order chi connectivity index (χ0) is 22.4. The van der Waals surface area contributed by atoms with Gasteiger partial charge in [-0.15, -0.1) is 11.3 Å². The Bertz CT molecular complexity index is 1050. The molecule has 1 aromatic heterocycles. The van der Waals surface area contributed by atoms with Crippen LogP contribution in [0.25, 0.3) is 11.1 Å². The molecule has 3 rings (SSSR count). The average molecular weight is 438 g/mol. The van der Waals surface area contributed by atoms with Crippen molar-refractivity contribution >= 4 is 28.2 Å². The van der Waals surface area contributed by atoms with Crippen molar-refractivity contribution in [3.8, 4) is 16.9 Å². The summed E-state index contributed by atoms with van der Waals surface area (Å²) in [6, 6.07) is 15.6. The van der Waals surface area contributed by atoms with Crippen LogP contribution in [0.15, 0.2) is 53.9 Å². The zero-order valence-corrected chi connectivity index (χ0v) is 19.0. The molecule has 0 bridgehead atoms. The van der Waals surface area contributed by atoms with Gasteiger partial charge in [-0.1, -0.05) is 55.8 Å². The summed E-state index contributed by atoms with van der Waals surface area (Å²) < 4.78 is 10.9. The smallest absolute Gasteiger partial charge is 0.341 e. The van der Waals surface area contributed by atoms with Crippen molar-refractivity contribution in [2.75, 3.05) is 18.5 Å². The van der Waals surface area contributed by atoms with Crippen LogP contribution in [0.5, 0.6) is 5.75 Å². The maximum atomic E-state index is 12.7. The first-order valence-corrected chi connectivity index (χ1v) is 11.1. The molecule has 5 nitrogen and oxygen atoms in total. The van der Waals surface area contributed by atoms with E-state index in [1.54, 1.807) is 6.92 Å². The second-order valence-electron chi connectivity index (χ2n) is 7.50. The first kappa shape index (κ1) is 22.6. The number of hydrogen-bond donors (Lipinski definition) is 1. The Kier molecular flexibility index (Phi) is 7.47. The molecule has 0 fully saturated rings. The summed E-state index contributed by atoms with van der Waals surface area (Å²) in [4.78, 5) is 25.2. The van der Waals surface area contributed by atoms with Crippen LogP contribution in [-0.2, 0) is 9.53 Å². The van der Waals surface area contributed by atoms with Crippen LogP contribution in [0.1, 0.15) is 48.2 Å². The lowest BCUT2D eigenvalue weighted by Gasteiger charge is -2.11. The second-order valence-corrected chi connectivity index (χ2v) is 8.38. The number of nitrogens with one attached hydrogen (secondary N) is 1. The number of esters is 1. The second kappa shape index (κ2) is 10.3. The quantitative estimate of drug-likeness (QED) is 0.436. The molecule has 0 aliphatic rings. The molecule has 0 saturated heterocycles. The Hall–Kier alpha value is -3.12. The first-order chi connectivity index (χ1) is 14.9. The molecule has 1 N–H and O–H groups in total. The third-order valence-electron chi connectivity index (χ3n) is 4.78. The van der Waals surface area contributed by atoms with E-state index in [4.69, 9.17) is 9.47 Å². The summed E-state index contributed by atoms with van der Waals surface area (Å²) in [7, 11) is 0. The van der Waals surface area contributed by atoms with E-state index in [2.05, 4.69) is 19.2 Å². The summed E-state index contributed by atoms with van der Waals surface area (Å²) >= 11 is 1.30. The molecule has 1 amide bonds. The van der Waals surface area contributed by atoms with Crippen LogP contribution < -0.4 is 10.1 Å². The maximum absolute atomic E-state index is 12.7. The van der Waals surface area contributed by atoms with Crippen molar-refractivity contribution in [3.05, 3.63) is 70.6 Å². The van der Waals surface area contributed by atoms with Gasteiger partial charge in [-0.05, 0) is 43.0 Å². The van der Waals surface area contributed by atoms with Gasteiger partial charge in [0.1, 0.15) is 16.3 Å². The number of rotatable bonds is 8. The predicted octanol–water partition coefficient (Wildman–Crippen LogP) is 6.04. The Labute approximate surface area is 187 Å². The Morgan fingerprint density at radius 2 is 1.84 bits per heavy atom. The highest BCUT2D eigenvalue weighted by Crippen LogP contribution is 2.36. The lowest BCUT2D eigenvalue weighted by molar-refractivity contribution is -0.118. The normalized spacial score (nSPS) is 10.7. The summed E-state index contributed by atoms with van der Waals surface area (Å²) in [6.45, 7) is 8.07. The van der Waals surface area contributed by atoms with Gasteiger partial charge in [-0.3, -0.25) is 4.79 Å². The van der Waals surface area contributed by atoms with E-state index in [-0.39, 0.29) is 19.1 Å². The van der Waals surface area contributed by atoms with E-state index in [1.807, 2.05) is 60.8 Å². The molecular weight excluding hydrogens is 410 g/mol. The highest BCUT2D eigenvalue weighted by molar-refractivity contribution is 7.15. The molecule has 0 unspecified atom stereocenters. The van der Waals surface area contributed by atoms with Crippen molar-refractivity contribution in [3.63, 3.8) is 0 Å². The largest absolute Gasteiger partial charge is 0.484 e. The highest BCUT2D eigenvalue weighted by Gasteiger charge is 2.23. The fraction of sp³-hybridized carbons (Fsp3) is 0.280. The van der Waals surface area contributed by atoms with E-state index in [1.165, 1.54) is 11.3 Å². The fourth-order valence-corrected chi connectivity index (χ4v) is 4.05. The maximum Gasteiger partial charge on any atom is 0.341 e. The summed E-state index contributed by atoms with van der Waals surface area (Å²) in [5, 5.41) is 5.13. The third kappa shape index (κ3) is 5.73. The molecule has 0 saturated carbocycles. The minimum absolute atomic E-state index is 0.151. The van der Waals surface area contributed by atoms with Gasteiger partial charge >= 0.3 is 5.97 Å². The molecule has 0 atom stereocenters. The van der Waals surface area contributed by atoms with Crippen molar-refractivity contribution in [1.82, 2.24) is 0 Å². The highest BCUT2D eigenvalue weighted by atomic mass is 32.1. The topological polar surface area (TPSA) is 64.6 Å². The minimum Gasteiger partial charge on any atom is -0.484 e. The van der Waals surface area contributed by atoms with E-state index in [9.17, 15) is 9.59 Å².